The maximum Gasteiger partial charge on any atom is 0.153 e. The van der Waals surface area contributed by atoms with Gasteiger partial charge in [0, 0.05) is 17.8 Å². The van der Waals surface area contributed by atoms with Crippen LogP contribution in [-0.2, 0) is 0 Å². The van der Waals surface area contributed by atoms with Crippen molar-refractivity contribution in [3.05, 3.63) is 36.0 Å². The van der Waals surface area contributed by atoms with Crippen molar-refractivity contribution in [2.45, 2.75) is 19.9 Å². The van der Waals surface area contributed by atoms with Crippen LogP contribution < -0.4 is 4.74 Å². The Morgan fingerprint density at radius 1 is 1.33 bits per heavy atom. The zero-order chi connectivity index (χ0) is 13.1. The lowest BCUT2D eigenvalue weighted by molar-refractivity contribution is 0.112. The van der Waals surface area contributed by atoms with Gasteiger partial charge >= 0.3 is 0 Å². The van der Waals surface area contributed by atoms with Gasteiger partial charge < -0.3 is 4.74 Å². The molecule has 0 aliphatic rings. The van der Waals surface area contributed by atoms with Crippen molar-refractivity contribution >= 4 is 6.29 Å². The molecule has 94 valence electrons. The third-order valence-corrected chi connectivity index (χ3v) is 2.81. The average Bonchev–Trinajstić information content (AvgIpc) is 2.86. The van der Waals surface area contributed by atoms with Crippen LogP contribution in [0.2, 0.25) is 0 Å². The third kappa shape index (κ3) is 2.01. The van der Waals surface area contributed by atoms with Gasteiger partial charge in [0.15, 0.2) is 6.29 Å². The van der Waals surface area contributed by atoms with E-state index in [-0.39, 0.29) is 6.04 Å². The standard InChI is InChI=1S/C14H16N2O2/c1-10(2)16-13(7-8-15-16)12-6-4-5-11(9-17)14(12)18-3/h4-10H,1-3H3. The molecule has 0 saturated heterocycles. The lowest BCUT2D eigenvalue weighted by atomic mass is 10.1. The zero-order valence-corrected chi connectivity index (χ0v) is 10.8. The van der Waals surface area contributed by atoms with Crippen molar-refractivity contribution in [2.75, 3.05) is 7.11 Å². The highest BCUT2D eigenvalue weighted by molar-refractivity contribution is 5.85. The molecule has 0 spiro atoms. The number of nitrogens with zero attached hydrogens (tertiary/aromatic N) is 2. The number of aromatic nitrogens is 2. The summed E-state index contributed by atoms with van der Waals surface area (Å²) in [5.41, 5.74) is 2.38. The van der Waals surface area contributed by atoms with Crippen LogP contribution in [0.1, 0.15) is 30.2 Å². The molecule has 0 bridgehead atoms. The van der Waals surface area contributed by atoms with E-state index in [1.807, 2.05) is 22.9 Å². The van der Waals surface area contributed by atoms with Crippen molar-refractivity contribution < 1.29 is 9.53 Å². The van der Waals surface area contributed by atoms with Crippen LogP contribution in [0.5, 0.6) is 5.75 Å². The number of hydrogen-bond acceptors (Lipinski definition) is 3. The second-order valence-corrected chi connectivity index (χ2v) is 4.30. The van der Waals surface area contributed by atoms with E-state index in [2.05, 4.69) is 18.9 Å². The maximum absolute atomic E-state index is 11.0. The Morgan fingerprint density at radius 2 is 2.11 bits per heavy atom. The van der Waals surface area contributed by atoms with Gasteiger partial charge in [-0.1, -0.05) is 6.07 Å². The Labute approximate surface area is 106 Å². The van der Waals surface area contributed by atoms with Crippen LogP contribution >= 0.6 is 0 Å². The lowest BCUT2D eigenvalue weighted by Crippen LogP contribution is -2.05. The van der Waals surface area contributed by atoms with Crippen LogP contribution in [0.4, 0.5) is 0 Å². The molecule has 1 aromatic heterocycles. The molecule has 1 aromatic carbocycles. The smallest absolute Gasteiger partial charge is 0.153 e. The number of para-hydroxylation sites is 1. The first-order chi connectivity index (χ1) is 8.69. The number of carbonyl (C=O) groups is 1. The Balaban J connectivity index is 2.63. The quantitative estimate of drug-likeness (QED) is 0.777. The van der Waals surface area contributed by atoms with E-state index in [1.54, 1.807) is 19.4 Å². The van der Waals surface area contributed by atoms with E-state index in [0.29, 0.717) is 11.3 Å². The molecular weight excluding hydrogens is 228 g/mol. The summed E-state index contributed by atoms with van der Waals surface area (Å²) < 4.78 is 7.26. The van der Waals surface area contributed by atoms with Gasteiger partial charge in [0.25, 0.3) is 0 Å². The van der Waals surface area contributed by atoms with Gasteiger partial charge in [0.05, 0.1) is 18.4 Å². The van der Waals surface area contributed by atoms with Crippen LogP contribution in [0.3, 0.4) is 0 Å². The van der Waals surface area contributed by atoms with Gasteiger partial charge in [-0.15, -0.1) is 0 Å². The molecule has 18 heavy (non-hydrogen) atoms. The minimum Gasteiger partial charge on any atom is -0.495 e. The van der Waals surface area contributed by atoms with E-state index < -0.39 is 0 Å². The number of ether oxygens (including phenoxy) is 1. The number of methoxy groups -OCH3 is 1. The Bertz CT molecular complexity index is 559. The van der Waals surface area contributed by atoms with Crippen molar-refractivity contribution in [1.82, 2.24) is 9.78 Å². The summed E-state index contributed by atoms with van der Waals surface area (Å²) in [4.78, 5) is 11.0. The van der Waals surface area contributed by atoms with Crippen LogP contribution in [0.15, 0.2) is 30.5 Å². The molecule has 0 aliphatic heterocycles. The number of rotatable bonds is 4. The predicted molar refractivity (Wildman–Crippen MR) is 70.0 cm³/mol. The van der Waals surface area contributed by atoms with E-state index in [0.717, 1.165) is 17.5 Å². The monoisotopic (exact) mass is 244 g/mol. The number of hydrogen-bond donors (Lipinski definition) is 0. The van der Waals surface area contributed by atoms with Crippen molar-refractivity contribution in [3.8, 4) is 17.0 Å². The molecule has 2 rings (SSSR count). The lowest BCUT2D eigenvalue weighted by Gasteiger charge is -2.14. The van der Waals surface area contributed by atoms with E-state index in [4.69, 9.17) is 4.74 Å². The summed E-state index contributed by atoms with van der Waals surface area (Å²) in [6.07, 6.45) is 2.56. The van der Waals surface area contributed by atoms with E-state index >= 15 is 0 Å². The van der Waals surface area contributed by atoms with Crippen LogP contribution in [0, 0.1) is 0 Å². The molecule has 0 fully saturated rings. The Morgan fingerprint density at radius 3 is 2.72 bits per heavy atom. The summed E-state index contributed by atoms with van der Waals surface area (Å²) in [5.74, 6) is 0.593. The molecule has 0 unspecified atom stereocenters. The highest BCUT2D eigenvalue weighted by Crippen LogP contribution is 2.33. The van der Waals surface area contributed by atoms with Gasteiger partial charge in [-0.2, -0.15) is 5.10 Å². The molecule has 0 N–H and O–H groups in total. The van der Waals surface area contributed by atoms with Crippen molar-refractivity contribution in [1.29, 1.82) is 0 Å². The molecule has 4 heteroatoms. The van der Waals surface area contributed by atoms with Gasteiger partial charge in [-0.3, -0.25) is 9.48 Å². The first-order valence-electron chi connectivity index (χ1n) is 5.85. The fourth-order valence-corrected chi connectivity index (χ4v) is 2.02. The average molecular weight is 244 g/mol. The highest BCUT2D eigenvalue weighted by Gasteiger charge is 2.15. The zero-order valence-electron chi connectivity index (χ0n) is 10.8. The van der Waals surface area contributed by atoms with Crippen molar-refractivity contribution in [3.63, 3.8) is 0 Å². The number of aldehydes is 1. The topological polar surface area (TPSA) is 44.1 Å². The summed E-state index contributed by atoms with van der Waals surface area (Å²) in [6, 6.07) is 7.69. The molecule has 0 amide bonds. The molecule has 0 aliphatic carbocycles. The minimum absolute atomic E-state index is 0.250. The van der Waals surface area contributed by atoms with E-state index in [1.165, 1.54) is 0 Å². The first-order valence-corrected chi connectivity index (χ1v) is 5.85. The third-order valence-electron chi connectivity index (χ3n) is 2.81. The molecule has 4 nitrogen and oxygen atoms in total. The van der Waals surface area contributed by atoms with E-state index in [9.17, 15) is 4.79 Å². The van der Waals surface area contributed by atoms with Gasteiger partial charge in [-0.05, 0) is 32.0 Å². The summed E-state index contributed by atoms with van der Waals surface area (Å²) in [6.45, 7) is 4.12. The Kier molecular flexibility index (Phi) is 3.46. The fourth-order valence-electron chi connectivity index (χ4n) is 2.02. The maximum atomic E-state index is 11.0. The first kappa shape index (κ1) is 12.4. The molecule has 0 atom stereocenters. The summed E-state index contributed by atoms with van der Waals surface area (Å²) in [7, 11) is 1.57. The normalized spacial score (nSPS) is 10.7. The van der Waals surface area contributed by atoms with Gasteiger partial charge in [0.1, 0.15) is 5.75 Å². The summed E-state index contributed by atoms with van der Waals surface area (Å²) in [5, 5.41) is 4.30. The molecule has 0 saturated carbocycles. The number of benzene rings is 1. The largest absolute Gasteiger partial charge is 0.495 e. The highest BCUT2D eigenvalue weighted by atomic mass is 16.5. The minimum atomic E-state index is 0.250. The van der Waals surface area contributed by atoms with Crippen LogP contribution in [-0.4, -0.2) is 23.2 Å². The van der Waals surface area contributed by atoms with Crippen molar-refractivity contribution in [2.24, 2.45) is 0 Å². The molecule has 2 aromatic rings. The second-order valence-electron chi connectivity index (χ2n) is 4.30. The van der Waals surface area contributed by atoms with Gasteiger partial charge in [0.2, 0.25) is 0 Å². The van der Waals surface area contributed by atoms with Crippen LogP contribution in [0.25, 0.3) is 11.3 Å². The Hall–Kier alpha value is -2.10. The molecular formula is C14H16N2O2. The fraction of sp³-hybridized carbons (Fsp3) is 0.286. The summed E-state index contributed by atoms with van der Waals surface area (Å²) >= 11 is 0. The van der Waals surface area contributed by atoms with Gasteiger partial charge in [-0.25, -0.2) is 0 Å². The molecule has 0 radical (unpaired) electrons. The molecule has 1 heterocycles. The SMILES string of the molecule is COc1c(C=O)cccc1-c1ccnn1C(C)C. The second kappa shape index (κ2) is 5.04. The predicted octanol–water partition coefficient (Wildman–Crippen LogP) is 2.95. The number of carbonyl (C=O) groups excluding carboxylic acids is 1.